The lowest BCUT2D eigenvalue weighted by molar-refractivity contribution is -0.166. The smallest absolute Gasteiger partial charge is 0.347 e. The number of aliphatic hydroxyl groups excluding tert-OH is 1. The monoisotopic (exact) mass is 616 g/mol. The van der Waals surface area contributed by atoms with Gasteiger partial charge in [-0.05, 0) is 29.2 Å². The van der Waals surface area contributed by atoms with Crippen molar-refractivity contribution < 1.29 is 44.1 Å². The van der Waals surface area contributed by atoms with Gasteiger partial charge < -0.3 is 20.6 Å². The number of carbonyl (C=O) groups is 6. The van der Waals surface area contributed by atoms with Gasteiger partial charge in [-0.25, -0.2) is 14.6 Å². The summed E-state index contributed by atoms with van der Waals surface area (Å²) in [7, 11) is 0. The lowest BCUT2D eigenvalue weighted by Gasteiger charge is -2.35. The van der Waals surface area contributed by atoms with Crippen LogP contribution in [0.4, 0.5) is 4.79 Å². The number of carboxylic acids is 2. The summed E-state index contributed by atoms with van der Waals surface area (Å²) >= 11 is 0. The molecule has 1 aliphatic heterocycles. The minimum Gasteiger partial charge on any atom is -0.481 e. The number of rotatable bonds is 12. The number of amides is 5. The maximum Gasteiger partial charge on any atom is 0.347 e. The van der Waals surface area contributed by atoms with Gasteiger partial charge >= 0.3 is 18.0 Å². The molecule has 1 heterocycles. The molecule has 3 atom stereocenters. The van der Waals surface area contributed by atoms with Gasteiger partial charge in [0.15, 0.2) is 6.04 Å². The maximum atomic E-state index is 14.4. The second-order valence-corrected chi connectivity index (χ2v) is 10.6. The van der Waals surface area contributed by atoms with Crippen molar-refractivity contribution in [2.45, 2.75) is 51.0 Å². The van der Waals surface area contributed by atoms with Crippen molar-refractivity contribution >= 4 is 35.7 Å². The fourth-order valence-electron chi connectivity index (χ4n) is 5.24. The van der Waals surface area contributed by atoms with Crippen LogP contribution in [0.3, 0.4) is 0 Å². The average Bonchev–Trinajstić information content (AvgIpc) is 3.20. The van der Waals surface area contributed by atoms with Gasteiger partial charge in [0.25, 0.3) is 5.91 Å². The van der Waals surface area contributed by atoms with E-state index in [0.717, 1.165) is 6.92 Å². The van der Waals surface area contributed by atoms with Crippen LogP contribution in [0, 0.1) is 0 Å². The number of imide groups is 1. The summed E-state index contributed by atoms with van der Waals surface area (Å²) < 4.78 is 0. The Morgan fingerprint density at radius 2 is 1.44 bits per heavy atom. The van der Waals surface area contributed by atoms with Gasteiger partial charge in [-0.15, -0.1) is 0 Å². The van der Waals surface area contributed by atoms with E-state index in [2.05, 4.69) is 5.32 Å². The second-order valence-electron chi connectivity index (χ2n) is 10.6. The number of carboxylic acid groups (broad SMARTS) is 2. The Balaban J connectivity index is 1.80. The lowest BCUT2D eigenvalue weighted by atomic mass is 9.89. The average molecular weight is 617 g/mol. The molecule has 0 aliphatic carbocycles. The van der Waals surface area contributed by atoms with Crippen molar-refractivity contribution in [3.63, 3.8) is 0 Å². The van der Waals surface area contributed by atoms with E-state index < -0.39 is 59.7 Å². The van der Waals surface area contributed by atoms with Gasteiger partial charge in [0, 0.05) is 13.5 Å². The fraction of sp³-hybridized carbons (Fsp3) is 0.250. The number of hydrogen-bond acceptors (Lipinski definition) is 7. The largest absolute Gasteiger partial charge is 0.481 e. The van der Waals surface area contributed by atoms with E-state index in [1.54, 1.807) is 72.8 Å². The summed E-state index contributed by atoms with van der Waals surface area (Å²) in [6.07, 6.45) is -1.05. The van der Waals surface area contributed by atoms with E-state index in [1.807, 2.05) is 0 Å². The number of nitrogens with one attached hydrogen (secondary N) is 1. The zero-order valence-electron chi connectivity index (χ0n) is 24.5. The van der Waals surface area contributed by atoms with Crippen LogP contribution < -0.4 is 5.32 Å². The Bertz CT molecular complexity index is 1600. The Morgan fingerprint density at radius 1 is 0.867 bits per heavy atom. The Kier molecular flexibility index (Phi) is 9.63. The molecule has 13 heteroatoms. The molecule has 3 aromatic rings. The van der Waals surface area contributed by atoms with Gasteiger partial charge in [-0.3, -0.25) is 24.1 Å². The standard InChI is InChI=1S/C32H32N4O9/c1-20(38)35(25(17-26(39)40)28(41)33-27(29(42)43)23-11-7-4-8-12-23)36-30(44)32(2,24-15-13-22(19-37)14-16-24)34(31(36)45)18-21-9-5-3-6-10-21/h3-16,25,27,37H,17-19H2,1-2H3,(H,33,41)(H,39,40)(H,42,43)/t25-,27-,32-/m0/s1. The molecule has 0 aromatic heterocycles. The molecule has 1 fully saturated rings. The third kappa shape index (κ3) is 6.53. The van der Waals surface area contributed by atoms with Crippen molar-refractivity contribution in [2.24, 2.45) is 0 Å². The van der Waals surface area contributed by atoms with Crippen molar-refractivity contribution in [3.05, 3.63) is 107 Å². The molecule has 0 spiro atoms. The number of benzene rings is 3. The van der Waals surface area contributed by atoms with Crippen molar-refractivity contribution in [3.8, 4) is 0 Å². The van der Waals surface area contributed by atoms with Crippen LogP contribution in [0.25, 0.3) is 0 Å². The number of urea groups is 1. The summed E-state index contributed by atoms with van der Waals surface area (Å²) in [6.45, 7) is 2.05. The van der Waals surface area contributed by atoms with Crippen molar-refractivity contribution in [1.82, 2.24) is 20.2 Å². The summed E-state index contributed by atoms with van der Waals surface area (Å²) in [5.74, 6) is -6.17. The first-order chi connectivity index (χ1) is 21.4. The van der Waals surface area contributed by atoms with E-state index in [0.29, 0.717) is 26.7 Å². The molecule has 1 saturated heterocycles. The highest BCUT2D eigenvalue weighted by molar-refractivity contribution is 6.08. The molecule has 13 nitrogen and oxygen atoms in total. The van der Waals surface area contributed by atoms with Crippen LogP contribution in [0.15, 0.2) is 84.9 Å². The first kappa shape index (κ1) is 32.4. The van der Waals surface area contributed by atoms with E-state index in [9.17, 15) is 44.1 Å². The van der Waals surface area contributed by atoms with Crippen LogP contribution in [0.5, 0.6) is 0 Å². The molecular formula is C32H32N4O9. The zero-order valence-corrected chi connectivity index (χ0v) is 24.5. The van der Waals surface area contributed by atoms with Crippen LogP contribution in [-0.2, 0) is 42.7 Å². The molecule has 5 amide bonds. The minimum absolute atomic E-state index is 0.100. The van der Waals surface area contributed by atoms with E-state index in [-0.39, 0.29) is 18.7 Å². The molecule has 0 saturated carbocycles. The molecule has 0 bridgehead atoms. The van der Waals surface area contributed by atoms with Crippen LogP contribution in [0.2, 0.25) is 0 Å². The summed E-state index contributed by atoms with van der Waals surface area (Å²) in [4.78, 5) is 80.6. The number of hydrogen-bond donors (Lipinski definition) is 4. The molecular weight excluding hydrogens is 584 g/mol. The van der Waals surface area contributed by atoms with E-state index in [1.165, 1.54) is 24.0 Å². The molecule has 45 heavy (non-hydrogen) atoms. The van der Waals surface area contributed by atoms with Crippen molar-refractivity contribution in [1.29, 1.82) is 0 Å². The highest BCUT2D eigenvalue weighted by Gasteiger charge is 2.59. The van der Waals surface area contributed by atoms with E-state index in [4.69, 9.17) is 0 Å². The third-order valence-corrected chi connectivity index (χ3v) is 7.61. The second kappa shape index (κ2) is 13.4. The minimum atomic E-state index is -1.99. The van der Waals surface area contributed by atoms with Gasteiger partial charge in [0.2, 0.25) is 11.8 Å². The van der Waals surface area contributed by atoms with Gasteiger partial charge in [0.1, 0.15) is 11.6 Å². The van der Waals surface area contributed by atoms with Crippen LogP contribution in [0.1, 0.15) is 48.6 Å². The van der Waals surface area contributed by atoms with Gasteiger partial charge in [0.05, 0.1) is 13.0 Å². The Labute approximate surface area is 258 Å². The molecule has 4 N–H and O–H groups in total. The van der Waals surface area contributed by atoms with Gasteiger partial charge in [-0.2, -0.15) is 5.01 Å². The van der Waals surface area contributed by atoms with Crippen LogP contribution in [-0.4, -0.2) is 72.0 Å². The summed E-state index contributed by atoms with van der Waals surface area (Å²) in [5.41, 5.74) is -0.0649. The van der Waals surface area contributed by atoms with Crippen LogP contribution >= 0.6 is 0 Å². The zero-order chi connectivity index (χ0) is 32.9. The first-order valence-corrected chi connectivity index (χ1v) is 13.9. The molecule has 0 radical (unpaired) electrons. The van der Waals surface area contributed by atoms with Crippen molar-refractivity contribution in [2.75, 3.05) is 0 Å². The predicted molar refractivity (Wildman–Crippen MR) is 157 cm³/mol. The number of aliphatic carboxylic acids is 2. The number of nitrogens with zero attached hydrogens (tertiary/aromatic N) is 3. The Hall–Kier alpha value is -5.56. The van der Waals surface area contributed by atoms with Gasteiger partial charge in [-0.1, -0.05) is 84.9 Å². The SMILES string of the molecule is CC(=O)N([C@@H](CC(=O)O)C(=O)N[C@H](C(=O)O)c1ccccc1)N1C(=O)N(Cc2ccccc2)[C@@](C)(c2ccc(CO)cc2)C1=O. The quantitative estimate of drug-likeness (QED) is 0.222. The lowest BCUT2D eigenvalue weighted by Crippen LogP contribution is -2.60. The first-order valence-electron chi connectivity index (χ1n) is 13.9. The molecule has 0 unspecified atom stereocenters. The molecule has 1 aliphatic rings. The molecule has 4 rings (SSSR count). The number of carbonyl (C=O) groups excluding carboxylic acids is 4. The van der Waals surface area contributed by atoms with E-state index >= 15 is 0 Å². The summed E-state index contributed by atoms with van der Waals surface area (Å²) in [5, 5.41) is 32.3. The number of hydrazine groups is 1. The summed E-state index contributed by atoms with van der Waals surface area (Å²) in [6, 6.07) is 17.9. The normalized spacial score (nSPS) is 17.5. The maximum absolute atomic E-state index is 14.4. The fourth-order valence-corrected chi connectivity index (χ4v) is 5.24. The molecule has 234 valence electrons. The highest BCUT2D eigenvalue weighted by atomic mass is 16.4. The molecule has 3 aromatic carbocycles. The third-order valence-electron chi connectivity index (χ3n) is 7.61. The number of aliphatic hydroxyl groups is 1. The highest BCUT2D eigenvalue weighted by Crippen LogP contribution is 2.40. The Morgan fingerprint density at radius 3 is 1.96 bits per heavy atom. The topological polar surface area (TPSA) is 185 Å². The predicted octanol–water partition coefficient (Wildman–Crippen LogP) is 2.41.